The van der Waals surface area contributed by atoms with Gasteiger partial charge in [-0.3, -0.25) is 9.48 Å². The molecule has 1 heterocycles. The summed E-state index contributed by atoms with van der Waals surface area (Å²) in [5.74, 6) is -0.511. The molecule has 1 amide bonds. The minimum absolute atomic E-state index is 0.0861. The van der Waals surface area contributed by atoms with Gasteiger partial charge >= 0.3 is 0 Å². The Morgan fingerprint density at radius 1 is 1.10 bits per heavy atom. The Morgan fingerprint density at radius 2 is 1.73 bits per heavy atom. The van der Waals surface area contributed by atoms with Crippen LogP contribution in [0.25, 0.3) is 0 Å². The average molecular weight is 444 g/mol. The maximum atomic E-state index is 13.3. The molecule has 1 aliphatic carbocycles. The number of hydrogen-bond donors (Lipinski definition) is 0. The molecule has 0 spiro atoms. The normalized spacial score (nSPS) is 13.8. The van der Waals surface area contributed by atoms with E-state index in [9.17, 15) is 13.2 Å². The second kappa shape index (κ2) is 8.16. The van der Waals surface area contributed by atoms with Crippen molar-refractivity contribution in [3.63, 3.8) is 0 Å². The van der Waals surface area contributed by atoms with Crippen LogP contribution in [0.3, 0.4) is 0 Å². The molecule has 0 unspecified atom stereocenters. The molecule has 1 saturated carbocycles. The number of ether oxygens (including phenoxy) is 1. The monoisotopic (exact) mass is 443 g/mol. The van der Waals surface area contributed by atoms with Gasteiger partial charge < -0.3 is 4.74 Å². The molecule has 1 aromatic heterocycles. The number of aryl methyl sites for hydroxylation is 1. The van der Waals surface area contributed by atoms with Crippen LogP contribution in [0.2, 0.25) is 0 Å². The van der Waals surface area contributed by atoms with Gasteiger partial charge in [-0.1, -0.05) is 30.0 Å². The zero-order valence-corrected chi connectivity index (χ0v) is 18.2. The molecule has 1 aliphatic rings. The summed E-state index contributed by atoms with van der Waals surface area (Å²) in [7, 11) is -0.956. The first kappa shape index (κ1) is 20.5. The molecule has 4 rings (SSSR count). The molecule has 0 atom stereocenters. The molecular formula is C21H21N3O4S2. The van der Waals surface area contributed by atoms with Gasteiger partial charge in [0, 0.05) is 29.1 Å². The van der Waals surface area contributed by atoms with Gasteiger partial charge in [-0.25, -0.2) is 12.7 Å². The predicted molar refractivity (Wildman–Crippen MR) is 113 cm³/mol. The van der Waals surface area contributed by atoms with E-state index in [0.717, 1.165) is 14.1 Å². The van der Waals surface area contributed by atoms with Crippen molar-refractivity contribution in [3.8, 4) is 5.88 Å². The number of benzene rings is 2. The molecule has 7 nitrogen and oxygen atoms in total. The number of nitrogens with zero attached hydrogens (tertiary/aromatic N) is 3. The lowest BCUT2D eigenvalue weighted by molar-refractivity contribution is 0.0851. The third-order valence-electron chi connectivity index (χ3n) is 4.66. The number of amides is 1. The fourth-order valence-electron chi connectivity index (χ4n) is 3.08. The first-order valence-electron chi connectivity index (χ1n) is 9.39. The zero-order valence-electron chi connectivity index (χ0n) is 16.6. The van der Waals surface area contributed by atoms with E-state index in [2.05, 4.69) is 5.10 Å². The molecule has 3 aromatic rings. The Labute approximate surface area is 179 Å². The number of carbonyl (C=O) groups is 1. The number of hydrogen-bond acceptors (Lipinski definition) is 6. The van der Waals surface area contributed by atoms with Crippen LogP contribution in [0.15, 0.2) is 75.5 Å². The summed E-state index contributed by atoms with van der Waals surface area (Å²) in [6, 6.07) is 16.1. The minimum Gasteiger partial charge on any atom is -0.479 e. The van der Waals surface area contributed by atoms with E-state index in [1.54, 1.807) is 43.1 Å². The third-order valence-corrected chi connectivity index (χ3v) is 7.52. The summed E-state index contributed by atoms with van der Waals surface area (Å²) in [6.45, 7) is 0. The molecule has 0 saturated heterocycles. The van der Waals surface area contributed by atoms with E-state index in [1.165, 1.54) is 18.0 Å². The quantitative estimate of drug-likeness (QED) is 0.555. The lowest BCUT2D eigenvalue weighted by atomic mass is 10.3. The van der Waals surface area contributed by atoms with Gasteiger partial charge in [0.25, 0.3) is 15.9 Å². The van der Waals surface area contributed by atoms with Crippen LogP contribution in [-0.2, 0) is 17.1 Å². The minimum atomic E-state index is -4.01. The van der Waals surface area contributed by atoms with Crippen LogP contribution < -0.4 is 4.74 Å². The fourth-order valence-corrected chi connectivity index (χ4v) is 5.55. The van der Waals surface area contributed by atoms with Crippen molar-refractivity contribution in [2.24, 2.45) is 7.05 Å². The Morgan fingerprint density at radius 3 is 2.33 bits per heavy atom. The van der Waals surface area contributed by atoms with Crippen molar-refractivity contribution in [2.45, 2.75) is 33.6 Å². The van der Waals surface area contributed by atoms with E-state index in [-0.39, 0.29) is 22.4 Å². The van der Waals surface area contributed by atoms with Crippen molar-refractivity contribution in [1.82, 2.24) is 14.1 Å². The second-order valence-electron chi connectivity index (χ2n) is 6.95. The summed E-state index contributed by atoms with van der Waals surface area (Å²) in [4.78, 5) is 15.2. The molecule has 9 heteroatoms. The van der Waals surface area contributed by atoms with Crippen LogP contribution in [0.1, 0.15) is 23.2 Å². The summed E-state index contributed by atoms with van der Waals surface area (Å²) < 4.78 is 34.2. The lowest BCUT2D eigenvalue weighted by Crippen LogP contribution is -2.38. The molecule has 0 bridgehead atoms. The second-order valence-corrected chi connectivity index (χ2v) is 9.91. The summed E-state index contributed by atoms with van der Waals surface area (Å²) in [5, 5.41) is 4.07. The standard InChI is InChI=1S/C21H21N3O4S2/c1-23-14-19(20(22-23)28-2)21(25)24(15-8-9-15)30(26,27)18-12-10-17(11-13-18)29-16-6-4-3-5-7-16/h3-7,10-15H,8-9H2,1-2H3. The highest BCUT2D eigenvalue weighted by atomic mass is 32.2. The van der Waals surface area contributed by atoms with E-state index in [0.29, 0.717) is 12.8 Å². The first-order chi connectivity index (χ1) is 14.4. The molecular weight excluding hydrogens is 422 g/mol. The van der Waals surface area contributed by atoms with E-state index in [4.69, 9.17) is 4.74 Å². The molecule has 0 N–H and O–H groups in total. The Balaban J connectivity index is 1.62. The SMILES string of the molecule is COc1nn(C)cc1C(=O)N(C1CC1)S(=O)(=O)c1ccc(Sc2ccccc2)cc1. The van der Waals surface area contributed by atoms with E-state index < -0.39 is 15.9 Å². The van der Waals surface area contributed by atoms with Crippen LogP contribution in [0.4, 0.5) is 0 Å². The van der Waals surface area contributed by atoms with Crippen LogP contribution in [-0.4, -0.2) is 41.6 Å². The highest BCUT2D eigenvalue weighted by Gasteiger charge is 2.43. The summed E-state index contributed by atoms with van der Waals surface area (Å²) in [5.41, 5.74) is 0.131. The van der Waals surface area contributed by atoms with Crippen molar-refractivity contribution >= 4 is 27.7 Å². The van der Waals surface area contributed by atoms with Gasteiger partial charge in [-0.2, -0.15) is 0 Å². The highest BCUT2D eigenvalue weighted by molar-refractivity contribution is 7.99. The number of sulfonamides is 1. The van der Waals surface area contributed by atoms with E-state index >= 15 is 0 Å². The molecule has 0 aliphatic heterocycles. The van der Waals surface area contributed by atoms with Crippen molar-refractivity contribution in [1.29, 1.82) is 0 Å². The average Bonchev–Trinajstić information content (AvgIpc) is 3.49. The summed E-state index contributed by atoms with van der Waals surface area (Å²) >= 11 is 1.54. The topological polar surface area (TPSA) is 81.5 Å². The van der Waals surface area contributed by atoms with Crippen molar-refractivity contribution in [2.75, 3.05) is 7.11 Å². The highest BCUT2D eigenvalue weighted by Crippen LogP contribution is 2.35. The number of aromatic nitrogens is 2. The van der Waals surface area contributed by atoms with E-state index in [1.807, 2.05) is 30.3 Å². The maximum absolute atomic E-state index is 13.3. The van der Waals surface area contributed by atoms with Gasteiger partial charge in [-0.15, -0.1) is 5.10 Å². The number of carbonyl (C=O) groups excluding carboxylic acids is 1. The van der Waals surface area contributed by atoms with Crippen LogP contribution in [0.5, 0.6) is 5.88 Å². The molecule has 1 fully saturated rings. The molecule has 0 radical (unpaired) electrons. The van der Waals surface area contributed by atoms with Crippen molar-refractivity contribution < 1.29 is 17.9 Å². The first-order valence-corrected chi connectivity index (χ1v) is 11.6. The largest absolute Gasteiger partial charge is 0.479 e. The zero-order chi connectivity index (χ0) is 21.3. The number of rotatable bonds is 7. The van der Waals surface area contributed by atoms with Gasteiger partial charge in [0.05, 0.1) is 12.0 Å². The van der Waals surface area contributed by atoms with Crippen molar-refractivity contribution in [3.05, 3.63) is 66.4 Å². The fraction of sp³-hybridized carbons (Fsp3) is 0.238. The third kappa shape index (κ3) is 4.08. The molecule has 30 heavy (non-hydrogen) atoms. The Bertz CT molecular complexity index is 1150. The smallest absolute Gasteiger partial charge is 0.274 e. The summed E-state index contributed by atoms with van der Waals surface area (Å²) in [6.07, 6.45) is 2.77. The van der Waals surface area contributed by atoms with Gasteiger partial charge in [-0.05, 0) is 49.2 Å². The number of methoxy groups -OCH3 is 1. The van der Waals surface area contributed by atoms with Gasteiger partial charge in [0.2, 0.25) is 5.88 Å². The Hall–Kier alpha value is -2.78. The van der Waals surface area contributed by atoms with Crippen LogP contribution >= 0.6 is 11.8 Å². The molecule has 156 valence electrons. The lowest BCUT2D eigenvalue weighted by Gasteiger charge is -2.22. The van der Waals surface area contributed by atoms with Crippen LogP contribution in [0, 0.1) is 0 Å². The Kier molecular flexibility index (Phi) is 5.57. The molecule has 2 aromatic carbocycles. The van der Waals surface area contributed by atoms with Gasteiger partial charge in [0.1, 0.15) is 5.56 Å². The predicted octanol–water partition coefficient (Wildman–Crippen LogP) is 3.57. The maximum Gasteiger partial charge on any atom is 0.274 e. The van der Waals surface area contributed by atoms with Gasteiger partial charge in [0.15, 0.2) is 0 Å².